The van der Waals surface area contributed by atoms with E-state index in [2.05, 4.69) is 34.6 Å². The van der Waals surface area contributed by atoms with Crippen molar-refractivity contribution in [1.29, 1.82) is 0 Å². The van der Waals surface area contributed by atoms with Gasteiger partial charge in [-0.1, -0.05) is 79.6 Å². The molecule has 0 amide bonds. The topological polar surface area (TPSA) is 20.2 Å². The summed E-state index contributed by atoms with van der Waals surface area (Å²) in [6.07, 6.45) is 22.4. The molecule has 0 spiro atoms. The van der Waals surface area contributed by atoms with Gasteiger partial charge in [0.05, 0.1) is 6.10 Å². The van der Waals surface area contributed by atoms with Crippen molar-refractivity contribution in [3.05, 3.63) is 0 Å². The second-order valence-corrected chi connectivity index (χ2v) is 13.7. The molecule has 4 fully saturated rings. The van der Waals surface area contributed by atoms with E-state index in [1.165, 1.54) is 89.9 Å². The first-order valence-electron chi connectivity index (χ1n) is 15.0. The molecule has 0 aliphatic heterocycles. The predicted octanol–water partition coefficient (Wildman–Crippen LogP) is 9.03. The van der Waals surface area contributed by atoms with Gasteiger partial charge in [-0.15, -0.1) is 0 Å². The Labute approximate surface area is 200 Å². The zero-order chi connectivity index (χ0) is 22.9. The average molecular weight is 445 g/mol. The third kappa shape index (κ3) is 4.59. The van der Waals surface area contributed by atoms with Crippen LogP contribution < -0.4 is 0 Å². The summed E-state index contributed by atoms with van der Waals surface area (Å²) >= 11 is 0. The molecule has 0 heterocycles. The van der Waals surface area contributed by atoms with Crippen molar-refractivity contribution in [2.75, 3.05) is 0 Å². The molecule has 1 nitrogen and oxygen atoms in total. The van der Waals surface area contributed by atoms with Crippen molar-refractivity contribution in [2.45, 2.75) is 143 Å². The summed E-state index contributed by atoms with van der Waals surface area (Å²) in [5.74, 6) is 6.61. The Morgan fingerprint density at radius 1 is 0.781 bits per heavy atom. The number of fused-ring (bicyclic) bond motifs is 5. The fraction of sp³-hybridized carbons (Fsp3) is 1.00. The maximum Gasteiger partial charge on any atom is 0.0543 e. The number of hydrogen-bond acceptors (Lipinski definition) is 1. The van der Waals surface area contributed by atoms with Crippen LogP contribution in [-0.4, -0.2) is 11.2 Å². The van der Waals surface area contributed by atoms with Gasteiger partial charge in [-0.25, -0.2) is 0 Å². The van der Waals surface area contributed by atoms with Gasteiger partial charge in [0.2, 0.25) is 0 Å². The van der Waals surface area contributed by atoms with E-state index in [1.807, 2.05) is 0 Å². The molecule has 1 heteroatoms. The fourth-order valence-corrected chi connectivity index (χ4v) is 10.4. The van der Waals surface area contributed by atoms with Crippen molar-refractivity contribution in [2.24, 2.45) is 52.3 Å². The lowest BCUT2D eigenvalue weighted by Crippen LogP contribution is -2.54. The van der Waals surface area contributed by atoms with Gasteiger partial charge in [0, 0.05) is 0 Å². The van der Waals surface area contributed by atoms with E-state index in [0.717, 1.165) is 54.3 Å². The van der Waals surface area contributed by atoms with E-state index >= 15 is 0 Å². The van der Waals surface area contributed by atoms with E-state index in [0.29, 0.717) is 10.8 Å². The molecule has 9 atom stereocenters. The molecule has 0 saturated heterocycles. The lowest BCUT2D eigenvalue weighted by atomic mass is 9.44. The highest BCUT2D eigenvalue weighted by atomic mass is 16.3. The number of rotatable bonds is 9. The van der Waals surface area contributed by atoms with E-state index in [-0.39, 0.29) is 6.10 Å². The van der Waals surface area contributed by atoms with Crippen molar-refractivity contribution >= 4 is 0 Å². The van der Waals surface area contributed by atoms with Crippen LogP contribution in [0.5, 0.6) is 0 Å². The van der Waals surface area contributed by atoms with Crippen LogP contribution in [-0.2, 0) is 0 Å². The van der Waals surface area contributed by atoms with Gasteiger partial charge in [0.25, 0.3) is 0 Å². The minimum Gasteiger partial charge on any atom is -0.393 e. The highest BCUT2D eigenvalue weighted by Gasteiger charge is 2.60. The van der Waals surface area contributed by atoms with Crippen molar-refractivity contribution in [3.8, 4) is 0 Å². The van der Waals surface area contributed by atoms with E-state index in [9.17, 15) is 5.11 Å². The maximum absolute atomic E-state index is 10.3. The Kier molecular flexibility index (Phi) is 8.06. The highest BCUT2D eigenvalue weighted by molar-refractivity contribution is 5.09. The minimum atomic E-state index is -0.00978. The summed E-state index contributed by atoms with van der Waals surface area (Å²) < 4.78 is 0. The normalized spacial score (nSPS) is 44.7. The van der Waals surface area contributed by atoms with E-state index in [1.54, 1.807) is 0 Å². The van der Waals surface area contributed by atoms with E-state index < -0.39 is 0 Å². The third-order valence-corrected chi connectivity index (χ3v) is 12.1. The zero-order valence-corrected chi connectivity index (χ0v) is 22.4. The first-order valence-corrected chi connectivity index (χ1v) is 15.0. The lowest BCUT2D eigenvalue weighted by Gasteiger charge is -2.61. The summed E-state index contributed by atoms with van der Waals surface area (Å²) in [7, 11) is 0. The molecule has 186 valence electrons. The molecular formula is C31H56O. The summed E-state index contributed by atoms with van der Waals surface area (Å²) in [4.78, 5) is 0. The Hall–Kier alpha value is -0.0400. The van der Waals surface area contributed by atoms with Crippen LogP contribution in [0.4, 0.5) is 0 Å². The molecule has 0 aromatic carbocycles. The number of hydrogen-bond donors (Lipinski definition) is 1. The second-order valence-electron chi connectivity index (χ2n) is 13.7. The minimum absolute atomic E-state index is 0.00978. The Bertz CT molecular complexity index is 593. The van der Waals surface area contributed by atoms with Crippen LogP contribution in [0.25, 0.3) is 0 Å². The van der Waals surface area contributed by atoms with Crippen LogP contribution in [0.15, 0.2) is 0 Å². The molecule has 4 aliphatic carbocycles. The number of aliphatic hydroxyl groups is 1. The van der Waals surface area contributed by atoms with Gasteiger partial charge >= 0.3 is 0 Å². The molecule has 0 aromatic heterocycles. The van der Waals surface area contributed by atoms with Crippen LogP contribution in [0, 0.1) is 52.3 Å². The third-order valence-electron chi connectivity index (χ3n) is 12.1. The van der Waals surface area contributed by atoms with Gasteiger partial charge in [0.15, 0.2) is 0 Å². The van der Waals surface area contributed by atoms with Gasteiger partial charge in [-0.05, 0) is 110 Å². The van der Waals surface area contributed by atoms with Crippen molar-refractivity contribution < 1.29 is 5.11 Å². The molecule has 0 aromatic rings. The predicted molar refractivity (Wildman–Crippen MR) is 138 cm³/mol. The summed E-state index contributed by atoms with van der Waals surface area (Å²) in [6, 6.07) is 0. The lowest BCUT2D eigenvalue weighted by molar-refractivity contribution is -0.129. The number of aliphatic hydroxyl groups excluding tert-OH is 1. The Morgan fingerprint density at radius 2 is 1.47 bits per heavy atom. The maximum atomic E-state index is 10.3. The molecule has 2 unspecified atom stereocenters. The van der Waals surface area contributed by atoms with Crippen molar-refractivity contribution in [1.82, 2.24) is 0 Å². The molecular weight excluding hydrogens is 388 g/mol. The summed E-state index contributed by atoms with van der Waals surface area (Å²) in [5, 5.41) is 10.3. The molecule has 4 aliphatic rings. The Morgan fingerprint density at radius 3 is 2.19 bits per heavy atom. The molecule has 1 N–H and O–H groups in total. The van der Waals surface area contributed by atoms with Gasteiger partial charge < -0.3 is 5.11 Å². The molecule has 4 saturated carbocycles. The standard InChI is InChI=1S/C31H56O/c1-6-9-23(10-7-2)12-8-11-22(3)27-15-16-28-26-14-13-24-21-25(32)17-19-30(24,4)29(26)18-20-31(27,28)5/h22-29,32H,6-21H2,1-5H3/t22-,24?,25+,26?,27-,28+,29+,30+,31-/m1/s1. The second kappa shape index (κ2) is 10.3. The fourth-order valence-electron chi connectivity index (χ4n) is 10.4. The van der Waals surface area contributed by atoms with E-state index in [4.69, 9.17) is 0 Å². The molecule has 0 radical (unpaired) electrons. The van der Waals surface area contributed by atoms with Crippen LogP contribution in [0.1, 0.15) is 137 Å². The first kappa shape index (κ1) is 25.1. The monoisotopic (exact) mass is 444 g/mol. The van der Waals surface area contributed by atoms with Crippen LogP contribution in [0.2, 0.25) is 0 Å². The van der Waals surface area contributed by atoms with Gasteiger partial charge in [-0.2, -0.15) is 0 Å². The summed E-state index contributed by atoms with van der Waals surface area (Å²) in [5.41, 5.74) is 1.14. The summed E-state index contributed by atoms with van der Waals surface area (Å²) in [6.45, 7) is 12.7. The zero-order valence-electron chi connectivity index (χ0n) is 22.4. The van der Waals surface area contributed by atoms with Crippen molar-refractivity contribution in [3.63, 3.8) is 0 Å². The Balaban J connectivity index is 1.37. The first-order chi connectivity index (χ1) is 15.3. The average Bonchev–Trinajstić information content (AvgIpc) is 3.12. The van der Waals surface area contributed by atoms with Gasteiger partial charge in [-0.3, -0.25) is 0 Å². The molecule has 32 heavy (non-hydrogen) atoms. The van der Waals surface area contributed by atoms with Crippen LogP contribution in [0.3, 0.4) is 0 Å². The van der Waals surface area contributed by atoms with Gasteiger partial charge in [0.1, 0.15) is 0 Å². The smallest absolute Gasteiger partial charge is 0.0543 e. The van der Waals surface area contributed by atoms with Crippen LogP contribution >= 0.6 is 0 Å². The quantitative estimate of drug-likeness (QED) is 0.376. The molecule has 0 bridgehead atoms. The highest BCUT2D eigenvalue weighted by Crippen LogP contribution is 2.68. The largest absolute Gasteiger partial charge is 0.393 e. The molecule has 4 rings (SSSR count). The SMILES string of the molecule is CCCC(CCC)CCC[C@@H](C)[C@H]1CC[C@H]2C3CCC4C[C@@H](O)CC[C@]4(C)[C@H]3CC[C@]12C.